The lowest BCUT2D eigenvalue weighted by molar-refractivity contribution is 0.279. The van der Waals surface area contributed by atoms with Crippen LogP contribution >= 0.6 is 0 Å². The van der Waals surface area contributed by atoms with Crippen LogP contribution in [0.15, 0.2) is 0 Å². The van der Waals surface area contributed by atoms with Crippen molar-refractivity contribution in [3.05, 3.63) is 0 Å². The second-order valence-electron chi connectivity index (χ2n) is 7.00. The van der Waals surface area contributed by atoms with Crippen molar-refractivity contribution in [2.24, 2.45) is 5.92 Å². The van der Waals surface area contributed by atoms with E-state index in [0.29, 0.717) is 0 Å². The van der Waals surface area contributed by atoms with Crippen LogP contribution in [0.1, 0.15) is 104 Å². The van der Waals surface area contributed by atoms with Crippen LogP contribution < -0.4 is 5.32 Å². The molecule has 1 N–H and O–H groups in total. The quantitative estimate of drug-likeness (QED) is 0.428. The summed E-state index contributed by atoms with van der Waals surface area (Å²) >= 11 is 0. The molecule has 1 rings (SSSR count). The Hall–Kier alpha value is -0.0400. The van der Waals surface area contributed by atoms with Gasteiger partial charge < -0.3 is 5.32 Å². The van der Waals surface area contributed by atoms with Gasteiger partial charge in [-0.2, -0.15) is 0 Å². The van der Waals surface area contributed by atoms with Gasteiger partial charge in [-0.15, -0.1) is 0 Å². The SMILES string of the molecule is CCCCCCCCCCCCNC1CCCCC1C. The Labute approximate surface area is 128 Å². The minimum absolute atomic E-state index is 0.822. The highest BCUT2D eigenvalue weighted by atomic mass is 14.9. The van der Waals surface area contributed by atoms with Crippen molar-refractivity contribution >= 4 is 0 Å². The van der Waals surface area contributed by atoms with Crippen LogP contribution in [0.3, 0.4) is 0 Å². The molecule has 1 heteroatoms. The maximum absolute atomic E-state index is 3.80. The van der Waals surface area contributed by atoms with Gasteiger partial charge in [0.25, 0.3) is 0 Å². The van der Waals surface area contributed by atoms with Crippen molar-refractivity contribution in [1.82, 2.24) is 5.32 Å². The molecule has 1 aliphatic carbocycles. The van der Waals surface area contributed by atoms with Crippen LogP contribution in [0.25, 0.3) is 0 Å². The van der Waals surface area contributed by atoms with Crippen molar-refractivity contribution in [2.75, 3.05) is 6.54 Å². The van der Waals surface area contributed by atoms with Crippen molar-refractivity contribution in [1.29, 1.82) is 0 Å². The zero-order valence-corrected chi connectivity index (χ0v) is 14.3. The number of nitrogens with one attached hydrogen (secondary N) is 1. The molecule has 120 valence electrons. The summed E-state index contributed by atoms with van der Waals surface area (Å²) < 4.78 is 0. The number of hydrogen-bond acceptors (Lipinski definition) is 1. The molecule has 1 aliphatic rings. The largest absolute Gasteiger partial charge is 0.314 e. The Morgan fingerprint density at radius 3 is 1.90 bits per heavy atom. The minimum Gasteiger partial charge on any atom is -0.314 e. The predicted molar refractivity (Wildman–Crippen MR) is 91.3 cm³/mol. The molecule has 1 fully saturated rings. The molecular weight excluding hydrogens is 242 g/mol. The molecule has 0 aromatic carbocycles. The molecule has 0 amide bonds. The fraction of sp³-hybridized carbons (Fsp3) is 1.00. The minimum atomic E-state index is 0.822. The van der Waals surface area contributed by atoms with E-state index >= 15 is 0 Å². The number of hydrogen-bond donors (Lipinski definition) is 1. The van der Waals surface area contributed by atoms with Crippen LogP contribution in [-0.2, 0) is 0 Å². The molecule has 0 bridgehead atoms. The zero-order chi connectivity index (χ0) is 14.5. The third kappa shape index (κ3) is 9.00. The summed E-state index contributed by atoms with van der Waals surface area (Å²) in [7, 11) is 0. The Morgan fingerprint density at radius 1 is 0.750 bits per heavy atom. The first kappa shape index (κ1) is 18.0. The topological polar surface area (TPSA) is 12.0 Å². The molecule has 0 aromatic heterocycles. The van der Waals surface area contributed by atoms with E-state index in [-0.39, 0.29) is 0 Å². The molecule has 0 spiro atoms. The monoisotopic (exact) mass is 281 g/mol. The summed E-state index contributed by atoms with van der Waals surface area (Å²) in [6.45, 7) is 5.98. The van der Waals surface area contributed by atoms with Gasteiger partial charge in [-0.05, 0) is 31.7 Å². The second kappa shape index (κ2) is 12.7. The van der Waals surface area contributed by atoms with Gasteiger partial charge in [0.2, 0.25) is 0 Å². The van der Waals surface area contributed by atoms with Crippen molar-refractivity contribution in [3.63, 3.8) is 0 Å². The number of rotatable bonds is 12. The van der Waals surface area contributed by atoms with Crippen molar-refractivity contribution in [3.8, 4) is 0 Å². The molecular formula is C19H39N. The van der Waals surface area contributed by atoms with Crippen LogP contribution in [0.2, 0.25) is 0 Å². The Morgan fingerprint density at radius 2 is 1.30 bits per heavy atom. The molecule has 0 saturated heterocycles. The van der Waals surface area contributed by atoms with E-state index in [9.17, 15) is 0 Å². The summed E-state index contributed by atoms with van der Waals surface area (Å²) in [6, 6.07) is 0.822. The average Bonchev–Trinajstić information content (AvgIpc) is 2.46. The van der Waals surface area contributed by atoms with Crippen LogP contribution in [-0.4, -0.2) is 12.6 Å². The van der Waals surface area contributed by atoms with E-state index in [4.69, 9.17) is 0 Å². The average molecular weight is 282 g/mol. The normalized spacial score (nSPS) is 23.1. The second-order valence-corrected chi connectivity index (χ2v) is 7.00. The third-order valence-electron chi connectivity index (χ3n) is 5.05. The highest BCUT2D eigenvalue weighted by Crippen LogP contribution is 2.23. The highest BCUT2D eigenvalue weighted by molar-refractivity contribution is 4.77. The molecule has 0 heterocycles. The Kier molecular flexibility index (Phi) is 11.4. The zero-order valence-electron chi connectivity index (χ0n) is 14.3. The van der Waals surface area contributed by atoms with Crippen LogP contribution in [0.4, 0.5) is 0 Å². The predicted octanol–water partition coefficient (Wildman–Crippen LogP) is 6.08. The van der Waals surface area contributed by atoms with E-state index in [1.165, 1.54) is 96.4 Å². The summed E-state index contributed by atoms with van der Waals surface area (Å²) in [4.78, 5) is 0. The fourth-order valence-corrected chi connectivity index (χ4v) is 3.52. The van der Waals surface area contributed by atoms with Gasteiger partial charge >= 0.3 is 0 Å². The van der Waals surface area contributed by atoms with Gasteiger partial charge in [-0.1, -0.05) is 84.5 Å². The summed E-state index contributed by atoms with van der Waals surface area (Å²) in [5, 5.41) is 3.80. The lowest BCUT2D eigenvalue weighted by Gasteiger charge is -2.29. The lowest BCUT2D eigenvalue weighted by atomic mass is 9.86. The smallest absolute Gasteiger partial charge is 0.00926 e. The molecule has 1 nitrogen and oxygen atoms in total. The van der Waals surface area contributed by atoms with Gasteiger partial charge in [-0.3, -0.25) is 0 Å². The Bertz CT molecular complexity index is 202. The molecule has 2 unspecified atom stereocenters. The van der Waals surface area contributed by atoms with Gasteiger partial charge in [-0.25, -0.2) is 0 Å². The van der Waals surface area contributed by atoms with Crippen molar-refractivity contribution in [2.45, 2.75) is 110 Å². The number of unbranched alkanes of at least 4 members (excludes halogenated alkanes) is 9. The lowest BCUT2D eigenvalue weighted by Crippen LogP contribution is -2.37. The highest BCUT2D eigenvalue weighted by Gasteiger charge is 2.19. The van der Waals surface area contributed by atoms with E-state index in [2.05, 4.69) is 19.2 Å². The summed E-state index contributed by atoms with van der Waals surface area (Å²) in [6.07, 6.45) is 20.2. The third-order valence-corrected chi connectivity index (χ3v) is 5.05. The first-order valence-corrected chi connectivity index (χ1v) is 9.58. The van der Waals surface area contributed by atoms with Gasteiger partial charge in [0.05, 0.1) is 0 Å². The van der Waals surface area contributed by atoms with Gasteiger partial charge in [0, 0.05) is 6.04 Å². The first-order chi connectivity index (χ1) is 9.84. The first-order valence-electron chi connectivity index (χ1n) is 9.58. The molecule has 2 atom stereocenters. The molecule has 0 aromatic rings. The van der Waals surface area contributed by atoms with E-state index < -0.39 is 0 Å². The van der Waals surface area contributed by atoms with Crippen molar-refractivity contribution < 1.29 is 0 Å². The van der Waals surface area contributed by atoms with E-state index in [1.54, 1.807) is 0 Å². The molecule has 20 heavy (non-hydrogen) atoms. The molecule has 1 saturated carbocycles. The fourth-order valence-electron chi connectivity index (χ4n) is 3.52. The molecule has 0 aliphatic heterocycles. The van der Waals surface area contributed by atoms with Crippen LogP contribution in [0, 0.1) is 5.92 Å². The van der Waals surface area contributed by atoms with E-state index in [0.717, 1.165) is 12.0 Å². The maximum Gasteiger partial charge on any atom is 0.00926 e. The van der Waals surface area contributed by atoms with Gasteiger partial charge in [0.1, 0.15) is 0 Å². The van der Waals surface area contributed by atoms with E-state index in [1.807, 2.05) is 0 Å². The van der Waals surface area contributed by atoms with Crippen LogP contribution in [0.5, 0.6) is 0 Å². The standard InChI is InChI=1S/C19H39N/c1-3-4-5-6-7-8-9-10-11-14-17-20-19-16-13-12-15-18(19)2/h18-20H,3-17H2,1-2H3. The summed E-state index contributed by atoms with van der Waals surface area (Å²) in [5.74, 6) is 0.909. The Balaban J connectivity index is 1.78. The maximum atomic E-state index is 3.80. The molecule has 0 radical (unpaired) electrons. The van der Waals surface area contributed by atoms with Gasteiger partial charge in [0.15, 0.2) is 0 Å². The summed E-state index contributed by atoms with van der Waals surface area (Å²) in [5.41, 5.74) is 0.